The third-order valence-electron chi connectivity index (χ3n) is 24.6. The molecule has 4 aliphatic heterocycles. The number of Topliss-reactive ketones (excluding diaryl/α,β-unsaturated/α-hetero) is 3. The smallest absolute Gasteiger partial charge is 0.407 e. The van der Waals surface area contributed by atoms with E-state index in [-0.39, 0.29) is 144 Å². The summed E-state index contributed by atoms with van der Waals surface area (Å²) in [5, 5.41) is 98.4. The highest BCUT2D eigenvalue weighted by Crippen LogP contribution is 2.41. The van der Waals surface area contributed by atoms with Crippen LogP contribution >= 0.6 is 21.6 Å². The molecule has 0 radical (unpaired) electrons. The first-order valence-electron chi connectivity index (χ1n) is 48.5. The Labute approximate surface area is 779 Å². The number of aliphatic hydroxyl groups excluding tert-OH is 9. The second-order valence-corrected chi connectivity index (χ2v) is 38.1. The summed E-state index contributed by atoms with van der Waals surface area (Å²) in [6.07, 6.45) is 11.3. The number of carbonyl (C=O) groups excluding carboxylic acids is 9. The fourth-order valence-corrected chi connectivity index (χ4v) is 18.4. The van der Waals surface area contributed by atoms with Gasteiger partial charge < -0.3 is 128 Å². The van der Waals surface area contributed by atoms with Crippen LogP contribution in [0.5, 0.6) is 0 Å². The number of ether oxygens (including phenoxy) is 13. The first-order chi connectivity index (χ1) is 62.8. The average Bonchev–Trinajstić information content (AvgIpc) is 1.15. The van der Waals surface area contributed by atoms with Crippen molar-refractivity contribution in [1.29, 1.82) is 0 Å². The van der Waals surface area contributed by atoms with Crippen LogP contribution in [0.15, 0.2) is 0 Å². The van der Waals surface area contributed by atoms with Gasteiger partial charge in [0.15, 0.2) is 18.9 Å². The molecule has 0 bridgehead atoms. The van der Waals surface area contributed by atoms with Crippen LogP contribution in [-0.2, 0) is 99.9 Å². The molecule has 18 atom stereocenters. The molecule has 35 nitrogen and oxygen atoms in total. The van der Waals surface area contributed by atoms with Crippen LogP contribution in [0.2, 0.25) is 0 Å². The molecule has 0 saturated carbocycles. The number of carbonyl (C=O) groups is 9. The standard InChI is InChI=1S/C93H166N4O31S2/c1-67-83(109)86(112)75(63-98)126-89(67)122-50-27-34-71(101)32-15-9-6-14-24-47-96-92(115)125-49-26-21-43-93(44-31-53-121-82(108)40-17-11-8-13-23-46-95-79(105)37-29-52-124-91-69(3)85(111)88(114)77(65-100)128-91,42-20-25-48-120-81(107)39-16-10-7-12-22-45-94-78(104)36-28-51-123-90-68(2)84(110)87(113)76(64-99)127-90)61-73(103)41-54-118-55-56-119-57-59-130-129-58-30-35-72(102)33-18-19-38-80(106)97-62-74(117-5)60-70(97)66-116-4/h67-70,74-77,83-91,98-100,109-114H,6-66H2,1-5H3,(H,94,104)(H,95,105)(H,96,115)/t67?,68?,69?,70-,74+,75?,76?,77?,83?,84?,85?,86?,87?,88?,89?,90?,91?,93?/m1/s1. The van der Waals surface area contributed by atoms with E-state index in [0.29, 0.717) is 181 Å². The Morgan fingerprint density at radius 3 is 1.27 bits per heavy atom. The maximum Gasteiger partial charge on any atom is 0.407 e. The number of hydrogen-bond acceptors (Lipinski definition) is 33. The second-order valence-electron chi connectivity index (χ2n) is 35.4. The molecule has 16 unspecified atom stereocenters. The maximum absolute atomic E-state index is 14.2. The third kappa shape index (κ3) is 51.1. The fraction of sp³-hybridized carbons (Fsp3) is 0.903. The van der Waals surface area contributed by atoms with E-state index < -0.39 is 123 Å². The molecule has 0 aromatic rings. The zero-order valence-electron chi connectivity index (χ0n) is 78.7. The summed E-state index contributed by atoms with van der Waals surface area (Å²) in [7, 11) is 6.67. The summed E-state index contributed by atoms with van der Waals surface area (Å²) in [5.74, 6) is -0.418. The van der Waals surface area contributed by atoms with Crippen LogP contribution in [0, 0.1) is 23.2 Å². The van der Waals surface area contributed by atoms with Gasteiger partial charge in [0.05, 0.1) is 123 Å². The topological polar surface area (TPSA) is 495 Å². The van der Waals surface area contributed by atoms with Gasteiger partial charge in [0.1, 0.15) is 54.0 Å². The first kappa shape index (κ1) is 118. The molecule has 0 aliphatic carbocycles. The molecule has 4 heterocycles. The number of nitrogens with zero attached hydrogens (tertiary/aromatic N) is 1. The summed E-state index contributed by atoms with van der Waals surface area (Å²) in [6.45, 7) is 8.58. The Morgan fingerprint density at radius 2 is 0.785 bits per heavy atom. The molecule has 4 rings (SSSR count). The van der Waals surface area contributed by atoms with Crippen molar-refractivity contribution in [1.82, 2.24) is 20.9 Å². The molecule has 4 fully saturated rings. The van der Waals surface area contributed by atoms with E-state index in [2.05, 4.69) is 16.0 Å². The highest BCUT2D eigenvalue weighted by Gasteiger charge is 2.45. The summed E-state index contributed by atoms with van der Waals surface area (Å²) < 4.78 is 73.7. The van der Waals surface area contributed by atoms with Gasteiger partial charge in [0, 0.05) is 140 Å². The molecule has 130 heavy (non-hydrogen) atoms. The van der Waals surface area contributed by atoms with Gasteiger partial charge >= 0.3 is 18.0 Å². The number of likely N-dealkylation sites (tertiary alicyclic amines) is 1. The van der Waals surface area contributed by atoms with Crippen LogP contribution in [-0.4, -0.2) is 334 Å². The molecule has 756 valence electrons. The average molecular weight is 1900 g/mol. The van der Waals surface area contributed by atoms with Gasteiger partial charge in [0.25, 0.3) is 0 Å². The SMILES string of the molecule is COC[C@H]1C[C@H](OC)CN1C(=O)CCCCC(=O)CCCSSCCOCCOCCC(=O)CC(CCCCOC(=O)CCCCCCCNC(=O)CCCOC1OC(CO)C(O)C(O)C1C)(CCCCOC(=O)NCCCCCCCC(=O)CCCOC1OC(CO)C(O)C(O)C1C)CCCOC(=O)CCCCCCCNC(=O)CCCOC1OC(CO)C(O)C(O)C1C. The molecular formula is C93H166N4O31S2. The van der Waals surface area contributed by atoms with Crippen LogP contribution in [0.3, 0.4) is 0 Å². The molecule has 4 amide bonds. The highest BCUT2D eigenvalue weighted by molar-refractivity contribution is 8.76. The molecule has 0 aromatic heterocycles. The monoisotopic (exact) mass is 1900 g/mol. The Hall–Kier alpha value is -4.43. The lowest BCUT2D eigenvalue weighted by atomic mass is 9.71. The second kappa shape index (κ2) is 72.9. The van der Waals surface area contributed by atoms with E-state index >= 15 is 0 Å². The largest absolute Gasteiger partial charge is 0.466 e. The van der Waals surface area contributed by atoms with Gasteiger partial charge in [-0.25, -0.2) is 4.79 Å². The highest BCUT2D eigenvalue weighted by atomic mass is 33.1. The van der Waals surface area contributed by atoms with E-state index in [0.717, 1.165) is 108 Å². The predicted molar refractivity (Wildman–Crippen MR) is 487 cm³/mol. The first-order valence-corrected chi connectivity index (χ1v) is 51.0. The predicted octanol–water partition coefficient (Wildman–Crippen LogP) is 8.28. The minimum Gasteiger partial charge on any atom is -0.466 e. The summed E-state index contributed by atoms with van der Waals surface area (Å²) in [6, 6.07) is 0.0129. The third-order valence-corrected chi connectivity index (χ3v) is 27.1. The van der Waals surface area contributed by atoms with E-state index in [4.69, 9.17) is 61.6 Å². The number of alkyl carbamates (subject to hydrolysis) is 1. The Kier molecular flexibility index (Phi) is 66.1. The number of methoxy groups -OCH3 is 2. The van der Waals surface area contributed by atoms with Crippen molar-refractivity contribution in [2.45, 2.75) is 370 Å². The van der Waals surface area contributed by atoms with E-state index in [1.54, 1.807) is 56.6 Å². The molecule has 0 aromatic carbocycles. The Morgan fingerprint density at radius 1 is 0.385 bits per heavy atom. The van der Waals surface area contributed by atoms with Crippen molar-refractivity contribution >= 4 is 74.7 Å². The Bertz CT molecular complexity index is 2930. The van der Waals surface area contributed by atoms with Crippen molar-refractivity contribution < 1.29 is 151 Å². The Balaban J connectivity index is 1.23. The number of rotatable bonds is 80. The van der Waals surface area contributed by atoms with Crippen LogP contribution in [0.1, 0.15) is 284 Å². The maximum atomic E-state index is 14.2. The van der Waals surface area contributed by atoms with Gasteiger partial charge in [-0.05, 0) is 140 Å². The number of nitrogens with one attached hydrogen (secondary N) is 3. The number of unbranched alkanes of at least 4 members (excludes halogenated alkanes) is 15. The van der Waals surface area contributed by atoms with Crippen LogP contribution < -0.4 is 16.0 Å². The fourth-order valence-electron chi connectivity index (χ4n) is 16.5. The molecule has 0 spiro atoms. The lowest BCUT2D eigenvalue weighted by molar-refractivity contribution is -0.282. The number of amides is 4. The summed E-state index contributed by atoms with van der Waals surface area (Å²) in [4.78, 5) is 118. The normalized spacial score (nSPS) is 24.4. The van der Waals surface area contributed by atoms with Gasteiger partial charge in [0.2, 0.25) is 17.7 Å². The van der Waals surface area contributed by atoms with Crippen molar-refractivity contribution in [2.75, 3.05) is 144 Å². The van der Waals surface area contributed by atoms with Gasteiger partial charge in [-0.1, -0.05) is 100 Å². The molecular weight excluding hydrogens is 1730 g/mol. The van der Waals surface area contributed by atoms with E-state index in [1.165, 1.54) is 0 Å². The number of hydrogen-bond donors (Lipinski definition) is 12. The lowest BCUT2D eigenvalue weighted by Crippen LogP contribution is -2.55. The van der Waals surface area contributed by atoms with Crippen molar-refractivity contribution in [3.63, 3.8) is 0 Å². The van der Waals surface area contributed by atoms with Gasteiger partial charge in [-0.15, -0.1) is 0 Å². The van der Waals surface area contributed by atoms with Crippen molar-refractivity contribution in [3.05, 3.63) is 0 Å². The molecule has 4 saturated heterocycles. The zero-order valence-corrected chi connectivity index (χ0v) is 80.4. The van der Waals surface area contributed by atoms with Crippen LogP contribution in [0.4, 0.5) is 4.79 Å². The minimum atomic E-state index is -1.22. The zero-order chi connectivity index (χ0) is 94.9. The molecule has 37 heteroatoms. The van der Waals surface area contributed by atoms with E-state index in [9.17, 15) is 89.1 Å². The van der Waals surface area contributed by atoms with Crippen molar-refractivity contribution in [2.24, 2.45) is 23.2 Å². The summed E-state index contributed by atoms with van der Waals surface area (Å²) >= 11 is 0. The molecule has 12 N–H and O–H groups in total. The van der Waals surface area contributed by atoms with Crippen LogP contribution in [0.25, 0.3) is 0 Å². The number of aliphatic hydroxyl groups is 9. The quantitative estimate of drug-likeness (QED) is 0.0118. The van der Waals surface area contributed by atoms with Crippen molar-refractivity contribution in [3.8, 4) is 0 Å². The lowest BCUT2D eigenvalue weighted by Gasteiger charge is -2.40. The molecule has 4 aliphatic rings. The minimum absolute atomic E-state index is 0.00927. The number of esters is 2. The van der Waals surface area contributed by atoms with Gasteiger partial charge in [-0.2, -0.15) is 0 Å². The van der Waals surface area contributed by atoms with E-state index in [1.807, 2.05) is 4.90 Å². The number of ketones is 3. The summed E-state index contributed by atoms with van der Waals surface area (Å²) in [5.41, 5.74) is -0.550. The van der Waals surface area contributed by atoms with Gasteiger partial charge in [-0.3, -0.25) is 38.4 Å².